The summed E-state index contributed by atoms with van der Waals surface area (Å²) in [7, 11) is 3.81. The molecule has 2 aromatic rings. The maximum Gasteiger partial charge on any atom is 0.317 e. The summed E-state index contributed by atoms with van der Waals surface area (Å²) in [5, 5.41) is 11.2. The van der Waals surface area contributed by atoms with E-state index in [9.17, 15) is 0 Å². The van der Waals surface area contributed by atoms with E-state index in [2.05, 4.69) is 20.5 Å². The second kappa shape index (κ2) is 6.29. The molecule has 2 heterocycles. The van der Waals surface area contributed by atoms with Gasteiger partial charge in [-0.25, -0.2) is 0 Å². The molecule has 1 atom stereocenters. The number of hydrogen-bond acceptors (Lipinski definition) is 6. The first-order valence-electron chi connectivity index (χ1n) is 6.31. The molecule has 0 aromatic carbocycles. The van der Waals surface area contributed by atoms with Gasteiger partial charge in [0.05, 0.1) is 6.04 Å². The van der Waals surface area contributed by atoms with E-state index in [0.717, 1.165) is 13.0 Å². The number of nitrogens with one attached hydrogen (secondary N) is 1. The van der Waals surface area contributed by atoms with Crippen LogP contribution in [-0.4, -0.2) is 35.8 Å². The third kappa shape index (κ3) is 3.51. The molecule has 0 aliphatic heterocycles. The van der Waals surface area contributed by atoms with Gasteiger partial charge in [0.2, 0.25) is 5.89 Å². The van der Waals surface area contributed by atoms with Crippen LogP contribution in [0.3, 0.4) is 0 Å². The summed E-state index contributed by atoms with van der Waals surface area (Å²) >= 11 is 0. The largest absolute Gasteiger partial charge is 0.406 e. The van der Waals surface area contributed by atoms with Gasteiger partial charge in [-0.1, -0.05) is 5.10 Å². The zero-order valence-corrected chi connectivity index (χ0v) is 11.5. The first kappa shape index (κ1) is 13.5. The van der Waals surface area contributed by atoms with E-state index in [1.807, 2.05) is 38.1 Å². The smallest absolute Gasteiger partial charge is 0.317 e. The maximum atomic E-state index is 5.62. The van der Waals surface area contributed by atoms with E-state index in [1.54, 1.807) is 12.4 Å². The van der Waals surface area contributed by atoms with Crippen LogP contribution in [0.25, 0.3) is 0 Å². The SMILES string of the molecule is CNC(C)c1nnc(N(C)CCc2ccncc2)o1. The molecule has 0 fully saturated rings. The fourth-order valence-electron chi connectivity index (χ4n) is 1.62. The Bertz CT molecular complexity index is 499. The molecular formula is C13H19N5O. The average Bonchev–Trinajstić information content (AvgIpc) is 2.95. The molecule has 2 aromatic heterocycles. The lowest BCUT2D eigenvalue weighted by atomic mass is 10.2. The lowest BCUT2D eigenvalue weighted by Gasteiger charge is -2.13. The number of hydrogen-bond donors (Lipinski definition) is 1. The van der Waals surface area contributed by atoms with E-state index in [-0.39, 0.29) is 6.04 Å². The molecule has 19 heavy (non-hydrogen) atoms. The monoisotopic (exact) mass is 261 g/mol. The Hall–Kier alpha value is -1.95. The molecule has 2 rings (SSSR count). The molecule has 0 bridgehead atoms. The highest BCUT2D eigenvalue weighted by Gasteiger charge is 2.14. The Balaban J connectivity index is 1.93. The molecule has 1 N–H and O–H groups in total. The third-order valence-electron chi connectivity index (χ3n) is 3.05. The van der Waals surface area contributed by atoms with Gasteiger partial charge in [0.25, 0.3) is 0 Å². The number of rotatable bonds is 6. The predicted molar refractivity (Wildman–Crippen MR) is 73.0 cm³/mol. The van der Waals surface area contributed by atoms with Crippen molar-refractivity contribution in [1.82, 2.24) is 20.5 Å². The summed E-state index contributed by atoms with van der Waals surface area (Å²) in [5.74, 6) is 0.605. The number of likely N-dealkylation sites (N-methyl/N-ethyl adjacent to an activating group) is 1. The fourth-order valence-corrected chi connectivity index (χ4v) is 1.62. The van der Waals surface area contributed by atoms with Gasteiger partial charge in [-0.05, 0) is 38.1 Å². The molecule has 0 spiro atoms. The Morgan fingerprint density at radius 1 is 1.32 bits per heavy atom. The molecule has 6 nitrogen and oxygen atoms in total. The van der Waals surface area contributed by atoms with Crippen LogP contribution in [0.4, 0.5) is 6.01 Å². The van der Waals surface area contributed by atoms with Crippen LogP contribution in [0.1, 0.15) is 24.4 Å². The van der Waals surface area contributed by atoms with Crippen molar-refractivity contribution < 1.29 is 4.42 Å². The maximum absolute atomic E-state index is 5.62. The van der Waals surface area contributed by atoms with Crippen molar-refractivity contribution in [2.24, 2.45) is 0 Å². The van der Waals surface area contributed by atoms with Crippen LogP contribution in [-0.2, 0) is 6.42 Å². The van der Waals surface area contributed by atoms with E-state index < -0.39 is 0 Å². The Morgan fingerprint density at radius 3 is 2.74 bits per heavy atom. The summed E-state index contributed by atoms with van der Waals surface area (Å²) in [6.45, 7) is 2.80. The van der Waals surface area contributed by atoms with Gasteiger partial charge < -0.3 is 14.6 Å². The van der Waals surface area contributed by atoms with Gasteiger partial charge in [-0.15, -0.1) is 5.10 Å². The lowest BCUT2D eigenvalue weighted by Crippen LogP contribution is -2.20. The Kier molecular flexibility index (Phi) is 4.46. The molecule has 6 heteroatoms. The van der Waals surface area contributed by atoms with Crippen LogP contribution < -0.4 is 10.2 Å². The molecule has 102 valence electrons. The van der Waals surface area contributed by atoms with Crippen LogP contribution in [0.5, 0.6) is 0 Å². The average molecular weight is 261 g/mol. The molecule has 1 unspecified atom stereocenters. The van der Waals surface area contributed by atoms with Gasteiger partial charge in [0.1, 0.15) is 0 Å². The summed E-state index contributed by atoms with van der Waals surface area (Å²) in [4.78, 5) is 5.96. The topological polar surface area (TPSA) is 67.1 Å². The number of aromatic nitrogens is 3. The Morgan fingerprint density at radius 2 is 2.05 bits per heavy atom. The second-order valence-electron chi connectivity index (χ2n) is 4.46. The van der Waals surface area contributed by atoms with E-state index in [1.165, 1.54) is 5.56 Å². The van der Waals surface area contributed by atoms with Crippen LogP contribution in [0, 0.1) is 0 Å². The van der Waals surface area contributed by atoms with Crippen molar-refractivity contribution in [3.05, 3.63) is 36.0 Å². The van der Waals surface area contributed by atoms with Gasteiger partial charge in [0.15, 0.2) is 0 Å². The van der Waals surface area contributed by atoms with Gasteiger partial charge >= 0.3 is 6.01 Å². The third-order valence-corrected chi connectivity index (χ3v) is 3.05. The molecule has 0 amide bonds. The first-order chi connectivity index (χ1) is 9.20. The summed E-state index contributed by atoms with van der Waals surface area (Å²) in [5.41, 5.74) is 1.24. The van der Waals surface area contributed by atoms with Gasteiger partial charge in [-0.2, -0.15) is 0 Å². The van der Waals surface area contributed by atoms with Crippen molar-refractivity contribution in [3.63, 3.8) is 0 Å². The van der Waals surface area contributed by atoms with Crippen molar-refractivity contribution in [2.75, 3.05) is 25.5 Å². The molecule has 0 radical (unpaired) electrons. The highest BCUT2D eigenvalue weighted by Crippen LogP contribution is 2.16. The Labute approximate surface area is 112 Å². The van der Waals surface area contributed by atoms with E-state index in [4.69, 9.17) is 4.42 Å². The highest BCUT2D eigenvalue weighted by molar-refractivity contribution is 5.23. The van der Waals surface area contributed by atoms with Crippen LogP contribution in [0.15, 0.2) is 28.9 Å². The second-order valence-corrected chi connectivity index (χ2v) is 4.46. The standard InChI is InChI=1S/C13H19N5O/c1-10(14-2)12-16-17-13(19-12)18(3)9-6-11-4-7-15-8-5-11/h4-5,7-8,10,14H,6,9H2,1-3H3. The van der Waals surface area contributed by atoms with Gasteiger partial charge in [0, 0.05) is 26.0 Å². The highest BCUT2D eigenvalue weighted by atomic mass is 16.4. The summed E-state index contributed by atoms with van der Waals surface area (Å²) in [6.07, 6.45) is 4.52. The summed E-state index contributed by atoms with van der Waals surface area (Å²) < 4.78 is 5.62. The lowest BCUT2D eigenvalue weighted by molar-refractivity contribution is 0.433. The quantitative estimate of drug-likeness (QED) is 0.848. The van der Waals surface area contributed by atoms with Crippen molar-refractivity contribution >= 4 is 6.01 Å². The van der Waals surface area contributed by atoms with E-state index in [0.29, 0.717) is 11.9 Å². The zero-order valence-electron chi connectivity index (χ0n) is 11.5. The minimum Gasteiger partial charge on any atom is -0.406 e. The minimum atomic E-state index is 0.0647. The van der Waals surface area contributed by atoms with Crippen molar-refractivity contribution in [2.45, 2.75) is 19.4 Å². The molecule has 0 aliphatic rings. The van der Waals surface area contributed by atoms with Crippen molar-refractivity contribution in [3.8, 4) is 0 Å². The van der Waals surface area contributed by atoms with E-state index >= 15 is 0 Å². The zero-order chi connectivity index (χ0) is 13.7. The number of anilines is 1. The number of nitrogens with zero attached hydrogens (tertiary/aromatic N) is 4. The molecule has 0 aliphatic carbocycles. The normalized spacial score (nSPS) is 12.4. The summed E-state index contributed by atoms with van der Waals surface area (Å²) in [6, 6.07) is 4.63. The molecular weight excluding hydrogens is 242 g/mol. The van der Waals surface area contributed by atoms with Crippen LogP contribution >= 0.6 is 0 Å². The first-order valence-corrected chi connectivity index (χ1v) is 6.31. The minimum absolute atomic E-state index is 0.0647. The van der Waals surface area contributed by atoms with Gasteiger partial charge in [-0.3, -0.25) is 4.98 Å². The number of pyridine rings is 1. The fraction of sp³-hybridized carbons (Fsp3) is 0.462. The predicted octanol–water partition coefficient (Wildman–Crippen LogP) is 1.42. The van der Waals surface area contributed by atoms with Crippen LogP contribution in [0.2, 0.25) is 0 Å². The molecule has 0 saturated carbocycles. The molecule has 0 saturated heterocycles. The van der Waals surface area contributed by atoms with Crippen molar-refractivity contribution in [1.29, 1.82) is 0 Å².